The van der Waals surface area contributed by atoms with Gasteiger partial charge < -0.3 is 14.2 Å². The SMILES string of the molecule is CCCCCCCCCCCCCCCCCCCCC(=O)O[C@H](COC(=O)CCCCCCCCCCCC)COC(=O)CCCCCCCCCC(C)C. The van der Waals surface area contributed by atoms with E-state index in [1.165, 1.54) is 173 Å². The van der Waals surface area contributed by atoms with Crippen molar-refractivity contribution in [2.75, 3.05) is 13.2 Å². The Morgan fingerprint density at radius 2 is 0.589 bits per heavy atom. The zero-order valence-corrected chi connectivity index (χ0v) is 38.1. The molecule has 0 N–H and O–H groups in total. The predicted molar refractivity (Wildman–Crippen MR) is 238 cm³/mol. The van der Waals surface area contributed by atoms with Crippen LogP contribution >= 0.6 is 0 Å². The fourth-order valence-corrected chi connectivity index (χ4v) is 7.51. The summed E-state index contributed by atoms with van der Waals surface area (Å²) in [7, 11) is 0. The molecule has 0 amide bonds. The van der Waals surface area contributed by atoms with Crippen molar-refractivity contribution >= 4 is 17.9 Å². The molecule has 6 heteroatoms. The third kappa shape index (κ3) is 43.5. The molecule has 0 saturated heterocycles. The molecule has 0 rings (SSSR count). The molecular weight excluding hydrogens is 697 g/mol. The Kier molecular flexibility index (Phi) is 43.2. The standard InChI is InChI=1S/C50H96O6/c1-5-7-9-11-13-15-17-18-19-20-21-22-23-24-26-30-35-39-43-50(53)56-47(44-54-48(51)41-37-33-29-25-16-14-12-10-8-6-2)45-55-49(52)42-38-34-31-27-28-32-36-40-46(3)4/h46-47H,5-45H2,1-4H3/t47-/m1/s1. The van der Waals surface area contributed by atoms with Crippen molar-refractivity contribution in [3.8, 4) is 0 Å². The van der Waals surface area contributed by atoms with Crippen LogP contribution in [0.2, 0.25) is 0 Å². The van der Waals surface area contributed by atoms with Crippen LogP contribution in [0, 0.1) is 5.92 Å². The second-order valence-electron chi connectivity index (χ2n) is 17.6. The van der Waals surface area contributed by atoms with Crippen LogP contribution in [0.4, 0.5) is 0 Å². The Labute approximate surface area is 348 Å². The summed E-state index contributed by atoms with van der Waals surface area (Å²) >= 11 is 0. The molecule has 0 heterocycles. The maximum atomic E-state index is 12.8. The smallest absolute Gasteiger partial charge is 0.306 e. The van der Waals surface area contributed by atoms with E-state index in [1.807, 2.05) is 0 Å². The van der Waals surface area contributed by atoms with Gasteiger partial charge in [0.05, 0.1) is 0 Å². The second-order valence-corrected chi connectivity index (χ2v) is 17.6. The molecule has 0 aliphatic heterocycles. The molecule has 1 atom stereocenters. The molecule has 0 unspecified atom stereocenters. The van der Waals surface area contributed by atoms with E-state index >= 15 is 0 Å². The number of esters is 3. The minimum absolute atomic E-state index is 0.0639. The van der Waals surface area contributed by atoms with Crippen LogP contribution in [0.3, 0.4) is 0 Å². The summed E-state index contributed by atoms with van der Waals surface area (Å²) < 4.78 is 16.7. The molecule has 0 aromatic carbocycles. The summed E-state index contributed by atoms with van der Waals surface area (Å²) in [5, 5.41) is 0. The molecule has 0 radical (unpaired) electrons. The van der Waals surface area contributed by atoms with E-state index in [2.05, 4.69) is 27.7 Å². The Morgan fingerprint density at radius 1 is 0.339 bits per heavy atom. The summed E-state index contributed by atoms with van der Waals surface area (Å²) in [6.45, 7) is 8.96. The van der Waals surface area contributed by atoms with Crippen LogP contribution in [0.1, 0.15) is 278 Å². The van der Waals surface area contributed by atoms with E-state index in [9.17, 15) is 14.4 Å². The van der Waals surface area contributed by atoms with Crippen molar-refractivity contribution in [3.05, 3.63) is 0 Å². The molecule has 0 aromatic rings. The van der Waals surface area contributed by atoms with Gasteiger partial charge in [-0.05, 0) is 25.2 Å². The number of hydrogen-bond donors (Lipinski definition) is 0. The van der Waals surface area contributed by atoms with Crippen molar-refractivity contribution in [1.82, 2.24) is 0 Å². The van der Waals surface area contributed by atoms with E-state index in [0.717, 1.165) is 63.7 Å². The van der Waals surface area contributed by atoms with Gasteiger partial charge in [0.1, 0.15) is 13.2 Å². The van der Waals surface area contributed by atoms with Gasteiger partial charge in [-0.25, -0.2) is 0 Å². The monoisotopic (exact) mass is 793 g/mol. The van der Waals surface area contributed by atoms with E-state index < -0.39 is 6.10 Å². The van der Waals surface area contributed by atoms with Gasteiger partial charge in [0.25, 0.3) is 0 Å². The fourth-order valence-electron chi connectivity index (χ4n) is 7.51. The van der Waals surface area contributed by atoms with Crippen LogP contribution in [0.25, 0.3) is 0 Å². The number of unbranched alkanes of at least 4 members (excludes halogenated alkanes) is 32. The third-order valence-corrected chi connectivity index (χ3v) is 11.3. The summed E-state index contributed by atoms with van der Waals surface area (Å²) in [4.78, 5) is 37.8. The van der Waals surface area contributed by atoms with Gasteiger partial charge in [0, 0.05) is 19.3 Å². The minimum Gasteiger partial charge on any atom is -0.462 e. The fraction of sp³-hybridized carbons (Fsp3) is 0.940. The Bertz CT molecular complexity index is 841. The lowest BCUT2D eigenvalue weighted by molar-refractivity contribution is -0.167. The van der Waals surface area contributed by atoms with E-state index in [-0.39, 0.29) is 31.1 Å². The van der Waals surface area contributed by atoms with Crippen molar-refractivity contribution in [3.63, 3.8) is 0 Å². The van der Waals surface area contributed by atoms with Gasteiger partial charge in [-0.3, -0.25) is 14.4 Å². The summed E-state index contributed by atoms with van der Waals surface area (Å²) in [6, 6.07) is 0. The lowest BCUT2D eigenvalue weighted by Gasteiger charge is -2.18. The summed E-state index contributed by atoms with van der Waals surface area (Å²) in [5.41, 5.74) is 0. The van der Waals surface area contributed by atoms with Crippen molar-refractivity contribution in [1.29, 1.82) is 0 Å². The minimum atomic E-state index is -0.760. The van der Waals surface area contributed by atoms with E-state index in [1.54, 1.807) is 0 Å². The molecule has 0 spiro atoms. The molecule has 56 heavy (non-hydrogen) atoms. The average Bonchev–Trinajstić information content (AvgIpc) is 3.18. The highest BCUT2D eigenvalue weighted by atomic mass is 16.6. The molecule has 0 aromatic heterocycles. The molecule has 0 bridgehead atoms. The predicted octanol–water partition coefficient (Wildman–Crippen LogP) is 15.9. The highest BCUT2D eigenvalue weighted by Crippen LogP contribution is 2.17. The molecule has 0 saturated carbocycles. The van der Waals surface area contributed by atoms with Crippen molar-refractivity contribution < 1.29 is 28.6 Å². The Hall–Kier alpha value is -1.59. The third-order valence-electron chi connectivity index (χ3n) is 11.3. The molecular formula is C50H96O6. The molecule has 0 aliphatic carbocycles. The van der Waals surface area contributed by atoms with Crippen LogP contribution in [0.15, 0.2) is 0 Å². The quantitative estimate of drug-likeness (QED) is 0.0347. The van der Waals surface area contributed by atoms with Crippen LogP contribution in [0.5, 0.6) is 0 Å². The normalized spacial score (nSPS) is 11.9. The second kappa shape index (κ2) is 44.5. The highest BCUT2D eigenvalue weighted by Gasteiger charge is 2.19. The van der Waals surface area contributed by atoms with Gasteiger partial charge >= 0.3 is 17.9 Å². The zero-order chi connectivity index (χ0) is 41.0. The summed E-state index contributed by atoms with van der Waals surface area (Å²) in [6.07, 6.45) is 45.3. The lowest BCUT2D eigenvalue weighted by atomic mass is 10.0. The molecule has 6 nitrogen and oxygen atoms in total. The number of carbonyl (C=O) groups excluding carboxylic acids is 3. The van der Waals surface area contributed by atoms with Crippen LogP contribution in [-0.4, -0.2) is 37.2 Å². The number of rotatable bonds is 45. The number of hydrogen-bond acceptors (Lipinski definition) is 6. The van der Waals surface area contributed by atoms with Crippen molar-refractivity contribution in [2.45, 2.75) is 284 Å². The number of carbonyl (C=O) groups is 3. The topological polar surface area (TPSA) is 78.9 Å². The van der Waals surface area contributed by atoms with Gasteiger partial charge in [-0.2, -0.15) is 0 Å². The molecule has 332 valence electrons. The first-order chi connectivity index (χ1) is 27.4. The molecule has 0 fully saturated rings. The number of ether oxygens (including phenoxy) is 3. The largest absolute Gasteiger partial charge is 0.462 e. The summed E-state index contributed by atoms with van der Waals surface area (Å²) in [5.74, 6) is -0.0709. The molecule has 0 aliphatic rings. The van der Waals surface area contributed by atoms with E-state index in [4.69, 9.17) is 14.2 Å². The van der Waals surface area contributed by atoms with Crippen LogP contribution in [-0.2, 0) is 28.6 Å². The van der Waals surface area contributed by atoms with Gasteiger partial charge in [-0.1, -0.05) is 240 Å². The van der Waals surface area contributed by atoms with Gasteiger partial charge in [0.15, 0.2) is 6.10 Å². The first-order valence-electron chi connectivity index (χ1n) is 24.9. The maximum absolute atomic E-state index is 12.8. The zero-order valence-electron chi connectivity index (χ0n) is 38.1. The lowest BCUT2D eigenvalue weighted by Crippen LogP contribution is -2.30. The van der Waals surface area contributed by atoms with Crippen LogP contribution < -0.4 is 0 Å². The van der Waals surface area contributed by atoms with Crippen molar-refractivity contribution in [2.24, 2.45) is 5.92 Å². The first kappa shape index (κ1) is 54.4. The first-order valence-corrected chi connectivity index (χ1v) is 24.9. The average molecular weight is 793 g/mol. The van der Waals surface area contributed by atoms with Gasteiger partial charge in [-0.15, -0.1) is 0 Å². The van der Waals surface area contributed by atoms with Gasteiger partial charge in [0.2, 0.25) is 0 Å². The Balaban J connectivity index is 4.25. The maximum Gasteiger partial charge on any atom is 0.306 e. The van der Waals surface area contributed by atoms with E-state index in [0.29, 0.717) is 19.3 Å². The highest BCUT2D eigenvalue weighted by molar-refractivity contribution is 5.71. The Morgan fingerprint density at radius 3 is 0.875 bits per heavy atom.